The lowest BCUT2D eigenvalue weighted by Crippen LogP contribution is -2.17. The first kappa shape index (κ1) is 8.73. The van der Waals surface area contributed by atoms with E-state index in [1.807, 2.05) is 32.9 Å². The van der Waals surface area contributed by atoms with E-state index in [1.165, 1.54) is 0 Å². The molecule has 1 aromatic rings. The Morgan fingerprint density at radius 1 is 1.50 bits per heavy atom. The quantitative estimate of drug-likeness (QED) is 0.631. The number of aryl methyl sites for hydroxylation is 1. The second-order valence-electron chi connectivity index (χ2n) is 3.41. The molecule has 0 saturated carbocycles. The van der Waals surface area contributed by atoms with Crippen LogP contribution in [0.4, 0.5) is 0 Å². The summed E-state index contributed by atoms with van der Waals surface area (Å²) in [4.78, 5) is 4.20. The van der Waals surface area contributed by atoms with Gasteiger partial charge in [0.15, 0.2) is 0 Å². The molecular formula is C10H12N2. The van der Waals surface area contributed by atoms with Crippen LogP contribution in [0.2, 0.25) is 0 Å². The van der Waals surface area contributed by atoms with E-state index in [0.29, 0.717) is 0 Å². The first-order valence-electron chi connectivity index (χ1n) is 3.91. The Morgan fingerprint density at radius 2 is 2.17 bits per heavy atom. The van der Waals surface area contributed by atoms with Gasteiger partial charge in [0.25, 0.3) is 0 Å². The largest absolute Gasteiger partial charge is 0.259 e. The van der Waals surface area contributed by atoms with Crippen LogP contribution in [-0.2, 0) is 5.41 Å². The maximum atomic E-state index is 8.88. The second kappa shape index (κ2) is 2.94. The number of nitrogens with zero attached hydrogens (tertiary/aromatic N) is 2. The maximum Gasteiger partial charge on any atom is 0.0939 e. The molecule has 2 heteroatoms. The molecule has 0 aliphatic rings. The van der Waals surface area contributed by atoms with Gasteiger partial charge >= 0.3 is 0 Å². The van der Waals surface area contributed by atoms with Gasteiger partial charge in [-0.2, -0.15) is 5.26 Å². The molecule has 0 aliphatic carbocycles. The number of aromatic nitrogens is 1. The summed E-state index contributed by atoms with van der Waals surface area (Å²) in [6.45, 7) is 5.73. The normalized spacial score (nSPS) is 10.8. The molecule has 0 spiro atoms. The van der Waals surface area contributed by atoms with Crippen molar-refractivity contribution in [2.75, 3.05) is 0 Å². The zero-order valence-electron chi connectivity index (χ0n) is 7.63. The summed E-state index contributed by atoms with van der Waals surface area (Å²) in [6.07, 6.45) is 1.72. The molecule has 1 heterocycles. The number of pyridine rings is 1. The predicted octanol–water partition coefficient (Wildman–Crippen LogP) is 2.19. The summed E-state index contributed by atoms with van der Waals surface area (Å²) >= 11 is 0. The fourth-order valence-electron chi connectivity index (χ4n) is 1.19. The van der Waals surface area contributed by atoms with Crippen LogP contribution in [0.3, 0.4) is 0 Å². The molecule has 0 atom stereocenters. The van der Waals surface area contributed by atoms with E-state index in [1.54, 1.807) is 6.20 Å². The van der Waals surface area contributed by atoms with Gasteiger partial charge in [0.2, 0.25) is 0 Å². The molecule has 0 bridgehead atoms. The summed E-state index contributed by atoms with van der Waals surface area (Å²) in [5.74, 6) is 0. The number of nitriles is 1. The third-order valence-electron chi connectivity index (χ3n) is 1.88. The third kappa shape index (κ3) is 1.45. The van der Waals surface area contributed by atoms with Crippen LogP contribution in [0.1, 0.15) is 25.1 Å². The van der Waals surface area contributed by atoms with E-state index < -0.39 is 5.41 Å². The van der Waals surface area contributed by atoms with E-state index in [4.69, 9.17) is 5.26 Å². The summed E-state index contributed by atoms with van der Waals surface area (Å²) < 4.78 is 0. The molecule has 62 valence electrons. The Hall–Kier alpha value is -1.36. The summed E-state index contributed by atoms with van der Waals surface area (Å²) in [6, 6.07) is 6.09. The highest BCUT2D eigenvalue weighted by Gasteiger charge is 2.22. The molecule has 0 saturated heterocycles. The third-order valence-corrected chi connectivity index (χ3v) is 1.88. The minimum atomic E-state index is -0.481. The van der Waals surface area contributed by atoms with Gasteiger partial charge in [-0.3, -0.25) is 4.98 Å². The fraction of sp³-hybridized carbons (Fsp3) is 0.400. The van der Waals surface area contributed by atoms with E-state index in [9.17, 15) is 0 Å². The van der Waals surface area contributed by atoms with E-state index >= 15 is 0 Å². The average Bonchev–Trinajstić information content (AvgIpc) is 2.05. The monoisotopic (exact) mass is 160 g/mol. The topological polar surface area (TPSA) is 36.7 Å². The van der Waals surface area contributed by atoms with Gasteiger partial charge in [-0.15, -0.1) is 0 Å². The lowest BCUT2D eigenvalue weighted by atomic mass is 9.88. The number of hydrogen-bond acceptors (Lipinski definition) is 2. The van der Waals surface area contributed by atoms with Gasteiger partial charge in [-0.05, 0) is 32.4 Å². The molecule has 0 amide bonds. The summed E-state index contributed by atoms with van der Waals surface area (Å²) in [5, 5.41) is 8.88. The van der Waals surface area contributed by atoms with Crippen LogP contribution in [-0.4, -0.2) is 4.98 Å². The van der Waals surface area contributed by atoms with Crippen molar-refractivity contribution in [1.82, 2.24) is 4.98 Å². The Kier molecular flexibility index (Phi) is 2.14. The first-order chi connectivity index (χ1) is 5.58. The standard InChI is InChI=1S/C10H12N2/c1-8-5-4-6-12-9(8)10(2,3)7-11/h4-6H,1-3H3. The van der Waals surface area contributed by atoms with E-state index in [-0.39, 0.29) is 0 Å². The Morgan fingerprint density at radius 3 is 2.67 bits per heavy atom. The van der Waals surface area contributed by atoms with Crippen LogP contribution >= 0.6 is 0 Å². The van der Waals surface area contributed by atoms with Crippen molar-refractivity contribution in [3.05, 3.63) is 29.6 Å². The Balaban J connectivity index is 3.22. The molecule has 1 aromatic heterocycles. The molecule has 0 radical (unpaired) electrons. The van der Waals surface area contributed by atoms with Crippen molar-refractivity contribution in [3.8, 4) is 6.07 Å². The lowest BCUT2D eigenvalue weighted by molar-refractivity contribution is 0.653. The van der Waals surface area contributed by atoms with Gasteiger partial charge in [0.05, 0.1) is 17.2 Å². The highest BCUT2D eigenvalue weighted by molar-refractivity contribution is 5.30. The summed E-state index contributed by atoms with van der Waals surface area (Å²) in [5.41, 5.74) is 1.46. The van der Waals surface area contributed by atoms with Crippen LogP contribution in [0.5, 0.6) is 0 Å². The van der Waals surface area contributed by atoms with Crippen molar-refractivity contribution >= 4 is 0 Å². The van der Waals surface area contributed by atoms with E-state index in [0.717, 1.165) is 11.3 Å². The maximum absolute atomic E-state index is 8.88. The van der Waals surface area contributed by atoms with Crippen LogP contribution in [0, 0.1) is 18.3 Å². The van der Waals surface area contributed by atoms with Crippen molar-refractivity contribution in [2.24, 2.45) is 0 Å². The van der Waals surface area contributed by atoms with Gasteiger partial charge < -0.3 is 0 Å². The summed E-state index contributed by atoms with van der Waals surface area (Å²) in [7, 11) is 0. The van der Waals surface area contributed by atoms with Crippen LogP contribution in [0.15, 0.2) is 18.3 Å². The van der Waals surface area contributed by atoms with Gasteiger partial charge in [-0.1, -0.05) is 6.07 Å². The minimum Gasteiger partial charge on any atom is -0.259 e. The van der Waals surface area contributed by atoms with Gasteiger partial charge in [0, 0.05) is 6.20 Å². The molecule has 1 rings (SSSR count). The lowest BCUT2D eigenvalue weighted by Gasteiger charge is -2.16. The first-order valence-corrected chi connectivity index (χ1v) is 3.91. The molecule has 0 N–H and O–H groups in total. The highest BCUT2D eigenvalue weighted by atomic mass is 14.7. The zero-order valence-corrected chi connectivity index (χ0v) is 7.63. The Labute approximate surface area is 72.9 Å². The zero-order chi connectivity index (χ0) is 9.19. The highest BCUT2D eigenvalue weighted by Crippen LogP contribution is 2.22. The predicted molar refractivity (Wildman–Crippen MR) is 47.6 cm³/mol. The van der Waals surface area contributed by atoms with E-state index in [2.05, 4.69) is 11.1 Å². The molecule has 0 fully saturated rings. The molecule has 0 aliphatic heterocycles. The molecule has 2 nitrogen and oxygen atoms in total. The van der Waals surface area contributed by atoms with Crippen LogP contribution < -0.4 is 0 Å². The molecule has 0 unspecified atom stereocenters. The number of rotatable bonds is 1. The van der Waals surface area contributed by atoms with Crippen molar-refractivity contribution < 1.29 is 0 Å². The smallest absolute Gasteiger partial charge is 0.0939 e. The van der Waals surface area contributed by atoms with Crippen molar-refractivity contribution in [3.63, 3.8) is 0 Å². The number of hydrogen-bond donors (Lipinski definition) is 0. The second-order valence-corrected chi connectivity index (χ2v) is 3.41. The fourth-order valence-corrected chi connectivity index (χ4v) is 1.19. The Bertz CT molecular complexity index is 321. The van der Waals surface area contributed by atoms with Crippen LogP contribution in [0.25, 0.3) is 0 Å². The van der Waals surface area contributed by atoms with Gasteiger partial charge in [-0.25, -0.2) is 0 Å². The SMILES string of the molecule is Cc1cccnc1C(C)(C)C#N. The van der Waals surface area contributed by atoms with Gasteiger partial charge in [0.1, 0.15) is 0 Å². The van der Waals surface area contributed by atoms with Crippen molar-refractivity contribution in [1.29, 1.82) is 5.26 Å². The molecular weight excluding hydrogens is 148 g/mol. The van der Waals surface area contributed by atoms with Crippen molar-refractivity contribution in [2.45, 2.75) is 26.2 Å². The molecule has 0 aromatic carbocycles. The average molecular weight is 160 g/mol. The minimum absolute atomic E-state index is 0.481. The molecule has 12 heavy (non-hydrogen) atoms.